The average molecular weight is 1110 g/mol. The van der Waals surface area contributed by atoms with Crippen molar-refractivity contribution in [2.45, 2.75) is 242 Å². The third-order valence-corrected chi connectivity index (χ3v) is 21.4. The molecule has 4 saturated carbocycles. The lowest BCUT2D eigenvalue weighted by Gasteiger charge is -2.71. The van der Waals surface area contributed by atoms with Crippen molar-refractivity contribution in [3.8, 4) is 0 Å². The fraction of sp³-hybridized carbons (Fsp3) is 0.944. The Morgan fingerprint density at radius 2 is 0.987 bits per heavy atom. The van der Waals surface area contributed by atoms with Gasteiger partial charge in [0.2, 0.25) is 6.29 Å². The minimum Gasteiger partial charge on any atom is -0.432 e. The number of ether oxygens (including phenoxy) is 8. The highest BCUT2D eigenvalue weighted by atomic mass is 16.8. The van der Waals surface area contributed by atoms with Crippen LogP contribution in [0.15, 0.2) is 11.6 Å². The first kappa shape index (κ1) is 60.0. The normalized spacial score (nSPS) is 53.4. The Morgan fingerprint density at radius 1 is 0.519 bits per heavy atom. The fourth-order valence-corrected chi connectivity index (χ4v) is 16.5. The van der Waals surface area contributed by atoms with Crippen molar-refractivity contribution >= 4 is 5.97 Å². The van der Waals surface area contributed by atoms with E-state index >= 15 is 0 Å². The predicted molar refractivity (Wildman–Crippen MR) is 263 cm³/mol. The van der Waals surface area contributed by atoms with Crippen molar-refractivity contribution in [3.63, 3.8) is 0 Å². The summed E-state index contributed by atoms with van der Waals surface area (Å²) in [5, 5.41) is 149. The summed E-state index contributed by atoms with van der Waals surface area (Å²) in [6, 6.07) is 0. The van der Waals surface area contributed by atoms with Gasteiger partial charge in [0, 0.05) is 0 Å². The SMILES string of the molecule is CC1(C)CCC2(C(=O)OC3OC(CO)C(O)C(O)C3O)CCC3(C)C(=CCC4C5(C)CCC(OC6OC(CO)C(OC7OC(CO)C(OC8OC(CO)C(O)C(O)C8O)C(O)C7O)C(O)C6O)C(C)(C)C5CCC43C)C2C1. The van der Waals surface area contributed by atoms with E-state index in [4.69, 9.17) is 37.9 Å². The monoisotopic (exact) mass is 1100 g/mol. The van der Waals surface area contributed by atoms with E-state index in [2.05, 4.69) is 54.5 Å². The van der Waals surface area contributed by atoms with Crippen LogP contribution in [0.4, 0.5) is 0 Å². The molecule has 23 heteroatoms. The Balaban J connectivity index is 0.877. The van der Waals surface area contributed by atoms with E-state index in [1.807, 2.05) is 0 Å². The van der Waals surface area contributed by atoms with E-state index in [0.717, 1.165) is 38.5 Å². The minimum atomic E-state index is -1.96. The maximum absolute atomic E-state index is 14.7. The van der Waals surface area contributed by atoms with Crippen molar-refractivity contribution in [2.75, 3.05) is 26.4 Å². The van der Waals surface area contributed by atoms with Gasteiger partial charge in [-0.3, -0.25) is 4.79 Å². The standard InChI is InChI=1S/C54H88O23/c1-49(2)14-16-54(48(69)77-47-39(66)35(62)33(60)26(20-56)71-47)17-15-52(6)23(24(54)18-49)8-9-30-51(5)12-11-31(50(3,4)29(51)10-13-53(30,52)7)74-44-40(67)36(63)42(27(21-57)72-44)76-46-41(68)37(64)43(28(22-58)73-46)75-45-38(65)34(61)32(59)25(19-55)70-45/h8,24-47,55-68H,9-22H2,1-7H3. The lowest BCUT2D eigenvalue weighted by atomic mass is 9.33. The zero-order valence-electron chi connectivity index (χ0n) is 45.3. The molecule has 77 heavy (non-hydrogen) atoms. The second-order valence-electron chi connectivity index (χ2n) is 26.3. The molecular formula is C54H88O23. The summed E-state index contributed by atoms with van der Waals surface area (Å²) in [6.45, 7) is 13.0. The number of esters is 1. The summed E-state index contributed by atoms with van der Waals surface area (Å²) in [7, 11) is 0. The molecule has 9 aliphatic rings. The zero-order chi connectivity index (χ0) is 56.3. The number of aliphatic hydroxyl groups excluding tert-OH is 14. The van der Waals surface area contributed by atoms with Crippen LogP contribution in [0, 0.1) is 50.2 Å². The highest BCUT2D eigenvalue weighted by Gasteiger charge is 2.70. The molecule has 28 unspecified atom stereocenters. The molecular weight excluding hydrogens is 1020 g/mol. The lowest BCUT2D eigenvalue weighted by Crippen LogP contribution is -2.67. The van der Waals surface area contributed by atoms with Crippen molar-refractivity contribution < 1.29 is 114 Å². The van der Waals surface area contributed by atoms with E-state index in [0.29, 0.717) is 25.7 Å². The first-order chi connectivity index (χ1) is 36.1. The van der Waals surface area contributed by atoms with E-state index in [1.165, 1.54) is 5.57 Å². The first-order valence-electron chi connectivity index (χ1n) is 27.8. The van der Waals surface area contributed by atoms with E-state index in [9.17, 15) is 76.3 Å². The van der Waals surface area contributed by atoms with Gasteiger partial charge in [-0.05, 0) is 109 Å². The van der Waals surface area contributed by atoms with Crippen LogP contribution in [0.5, 0.6) is 0 Å². The molecule has 0 aromatic heterocycles. The Kier molecular flexibility index (Phi) is 17.0. The van der Waals surface area contributed by atoms with Gasteiger partial charge in [-0.15, -0.1) is 0 Å². The Bertz CT molecular complexity index is 2110. The van der Waals surface area contributed by atoms with Crippen molar-refractivity contribution in [1.29, 1.82) is 0 Å². The Morgan fingerprint density at radius 3 is 1.52 bits per heavy atom. The summed E-state index contributed by atoms with van der Waals surface area (Å²) < 4.78 is 47.2. The molecule has 4 heterocycles. The number of allylic oxidation sites excluding steroid dienone is 2. The number of hydrogen-bond acceptors (Lipinski definition) is 23. The highest BCUT2D eigenvalue weighted by molar-refractivity contribution is 5.79. The van der Waals surface area contributed by atoms with Crippen LogP contribution >= 0.6 is 0 Å². The summed E-state index contributed by atoms with van der Waals surface area (Å²) >= 11 is 0. The van der Waals surface area contributed by atoms with Crippen LogP contribution in [-0.4, -0.2) is 233 Å². The van der Waals surface area contributed by atoms with Crippen LogP contribution in [0.2, 0.25) is 0 Å². The van der Waals surface area contributed by atoms with E-state index in [1.54, 1.807) is 0 Å². The molecule has 5 aliphatic carbocycles. The maximum Gasteiger partial charge on any atom is 0.315 e. The van der Waals surface area contributed by atoms with Crippen LogP contribution in [0.25, 0.3) is 0 Å². The third kappa shape index (κ3) is 9.80. The number of aliphatic hydroxyl groups is 14. The van der Waals surface area contributed by atoms with Gasteiger partial charge in [-0.2, -0.15) is 0 Å². The molecule has 442 valence electrons. The minimum absolute atomic E-state index is 0.0815. The van der Waals surface area contributed by atoms with Crippen LogP contribution in [0.1, 0.15) is 113 Å². The largest absolute Gasteiger partial charge is 0.432 e. The molecule has 0 aromatic rings. The van der Waals surface area contributed by atoms with Gasteiger partial charge in [-0.1, -0.05) is 60.1 Å². The van der Waals surface area contributed by atoms with E-state index < -0.39 is 172 Å². The van der Waals surface area contributed by atoms with Crippen LogP contribution in [-0.2, 0) is 42.7 Å². The second-order valence-corrected chi connectivity index (χ2v) is 26.3. The predicted octanol–water partition coefficient (Wildman–Crippen LogP) is -2.04. The summed E-state index contributed by atoms with van der Waals surface area (Å²) in [4.78, 5) is 14.7. The fourth-order valence-electron chi connectivity index (χ4n) is 16.5. The molecule has 4 aliphatic heterocycles. The molecule has 4 saturated heterocycles. The van der Waals surface area contributed by atoms with Gasteiger partial charge < -0.3 is 109 Å². The molecule has 23 nitrogen and oxygen atoms in total. The average Bonchev–Trinajstić information content (AvgIpc) is 3.55. The molecule has 0 spiro atoms. The summed E-state index contributed by atoms with van der Waals surface area (Å²) in [5.41, 5.74) is -0.887. The smallest absolute Gasteiger partial charge is 0.315 e. The van der Waals surface area contributed by atoms with Crippen LogP contribution < -0.4 is 0 Å². The van der Waals surface area contributed by atoms with Gasteiger partial charge in [-0.25, -0.2) is 0 Å². The van der Waals surface area contributed by atoms with Crippen molar-refractivity contribution in [1.82, 2.24) is 0 Å². The quantitative estimate of drug-likeness (QED) is 0.0569. The van der Waals surface area contributed by atoms with Gasteiger partial charge >= 0.3 is 5.97 Å². The molecule has 0 bridgehead atoms. The van der Waals surface area contributed by atoms with Crippen molar-refractivity contribution in [2.24, 2.45) is 50.2 Å². The van der Waals surface area contributed by atoms with Gasteiger partial charge in [0.05, 0.1) is 37.9 Å². The zero-order valence-corrected chi connectivity index (χ0v) is 45.3. The molecule has 9 rings (SSSR count). The van der Waals surface area contributed by atoms with Gasteiger partial charge in [0.15, 0.2) is 18.9 Å². The van der Waals surface area contributed by atoms with Crippen LogP contribution in [0.3, 0.4) is 0 Å². The third-order valence-electron chi connectivity index (χ3n) is 21.4. The number of carbonyl (C=O) groups is 1. The topological polar surface area (TPSA) is 374 Å². The highest BCUT2D eigenvalue weighted by Crippen LogP contribution is 2.76. The number of fused-ring (bicyclic) bond motifs is 7. The lowest BCUT2D eigenvalue weighted by molar-refractivity contribution is -0.383. The Hall–Kier alpha value is -1.63. The van der Waals surface area contributed by atoms with E-state index in [-0.39, 0.29) is 39.4 Å². The molecule has 14 N–H and O–H groups in total. The molecule has 0 aromatic carbocycles. The molecule has 0 amide bonds. The molecule has 8 fully saturated rings. The number of rotatable bonds is 12. The second kappa shape index (κ2) is 21.8. The number of carbonyl (C=O) groups excluding carboxylic acids is 1. The molecule has 28 atom stereocenters. The Labute approximate surface area is 449 Å². The van der Waals surface area contributed by atoms with Gasteiger partial charge in [0.25, 0.3) is 0 Å². The summed E-state index contributed by atoms with van der Waals surface area (Å²) in [5.74, 6) is -0.303. The molecule has 0 radical (unpaired) electrons. The number of hydrogen-bond donors (Lipinski definition) is 14. The summed E-state index contributed by atoms with van der Waals surface area (Å²) in [6.07, 6.45) is -23.8. The maximum atomic E-state index is 14.7. The van der Waals surface area contributed by atoms with Crippen molar-refractivity contribution in [3.05, 3.63) is 11.6 Å². The van der Waals surface area contributed by atoms with Gasteiger partial charge in [0.1, 0.15) is 97.7 Å². The first-order valence-corrected chi connectivity index (χ1v) is 27.8.